The minimum atomic E-state index is -5.47. The third kappa shape index (κ3) is 15.4. The standard InChI is InChI=1S/C23H44N7O15P3S/c1-23(2,19(32)22(33)29-8-7-16(31)28-9-10-49)13-42-48(39,40)45-47(37,38)41-12-15-14(44-46(34,35)36)11-17(43-15)30(6)21(27-5)18(25-3)20(24)26-4/h14-15,17,19,32,49H,3,5,7-13H2,1-2,4,6H3,(H2,24,26)(H,28,31)(H,29,33)(H,37,38)(H,39,40)(H2,34,35,36)/b21-18-/t14-,15+,17+,19?/m0/s1. The van der Waals surface area contributed by atoms with Crippen molar-refractivity contribution in [2.24, 2.45) is 26.1 Å². The molecule has 0 radical (unpaired) electrons. The number of hydrogen-bond acceptors (Lipinski definition) is 16. The Morgan fingerprint density at radius 1 is 1.10 bits per heavy atom. The average molecular weight is 784 g/mol. The lowest BCUT2D eigenvalue weighted by Crippen LogP contribution is -2.46. The van der Waals surface area contributed by atoms with Crippen molar-refractivity contribution in [3.8, 4) is 0 Å². The van der Waals surface area contributed by atoms with Gasteiger partial charge in [-0.3, -0.25) is 33.1 Å². The van der Waals surface area contributed by atoms with E-state index in [4.69, 9.17) is 24.0 Å². The zero-order valence-electron chi connectivity index (χ0n) is 27.1. The molecule has 22 nitrogen and oxygen atoms in total. The summed E-state index contributed by atoms with van der Waals surface area (Å²) < 4.78 is 61.0. The van der Waals surface area contributed by atoms with Crippen LogP contribution in [0.5, 0.6) is 0 Å². The number of nitrogens with one attached hydrogen (secondary N) is 2. The molecule has 1 saturated heterocycles. The van der Waals surface area contributed by atoms with Crippen LogP contribution in [-0.4, -0.2) is 131 Å². The lowest BCUT2D eigenvalue weighted by atomic mass is 9.87. The second kappa shape index (κ2) is 19.5. The molecule has 0 spiro atoms. The Hall–Kier alpha value is -2.07. The molecule has 1 heterocycles. The van der Waals surface area contributed by atoms with Crippen LogP contribution in [0.3, 0.4) is 0 Å². The van der Waals surface area contributed by atoms with Crippen LogP contribution in [0.25, 0.3) is 0 Å². The molecule has 0 aromatic heterocycles. The van der Waals surface area contributed by atoms with Crippen LogP contribution >= 0.6 is 36.1 Å². The van der Waals surface area contributed by atoms with E-state index in [1.807, 2.05) is 0 Å². The number of aliphatic imine (C=N–C) groups is 3. The fourth-order valence-electron chi connectivity index (χ4n) is 3.95. The molecule has 0 aromatic carbocycles. The number of phosphoric ester groups is 3. The molecule has 0 aliphatic carbocycles. The molecular formula is C23H44N7O15P3S. The fourth-order valence-corrected chi connectivity index (χ4v) is 6.89. The molecule has 0 bridgehead atoms. The molecule has 0 saturated carbocycles. The van der Waals surface area contributed by atoms with Gasteiger partial charge in [0.1, 0.15) is 36.1 Å². The molecular weight excluding hydrogens is 739 g/mol. The molecule has 282 valence electrons. The van der Waals surface area contributed by atoms with Crippen molar-refractivity contribution in [3.63, 3.8) is 0 Å². The number of carbonyl (C=O) groups excluding carboxylic acids is 2. The number of amidine groups is 1. The van der Waals surface area contributed by atoms with Gasteiger partial charge in [-0.2, -0.15) is 16.9 Å². The molecule has 9 N–H and O–H groups in total. The SMILES string of the molecule is C=NC(=C(/N=C)N(C)[C@H]1C[C@H](OP(=O)(O)O)[C@@H](COP(=O)(O)OP(=O)(O)OCC(C)(C)C(O)C(=O)NCCC(=O)NCCS)O1)/C(N)=N\C. The number of carbonyl (C=O) groups is 2. The van der Waals surface area contributed by atoms with Gasteiger partial charge in [-0.15, -0.1) is 0 Å². The van der Waals surface area contributed by atoms with Gasteiger partial charge in [-0.25, -0.2) is 18.7 Å². The second-order valence-corrected chi connectivity index (χ2v) is 15.5. The molecule has 0 aromatic rings. The Morgan fingerprint density at radius 3 is 2.24 bits per heavy atom. The van der Waals surface area contributed by atoms with Crippen LogP contribution in [0, 0.1) is 5.41 Å². The van der Waals surface area contributed by atoms with E-state index in [1.165, 1.54) is 32.8 Å². The Bertz CT molecular complexity index is 1400. The molecule has 49 heavy (non-hydrogen) atoms. The average Bonchev–Trinajstić information content (AvgIpc) is 3.40. The fraction of sp³-hybridized carbons (Fsp3) is 0.696. The topological polar surface area (TPSA) is 323 Å². The van der Waals surface area contributed by atoms with Gasteiger partial charge in [0.25, 0.3) is 0 Å². The van der Waals surface area contributed by atoms with Gasteiger partial charge in [0.2, 0.25) is 11.8 Å². The maximum atomic E-state index is 12.6. The molecule has 1 aliphatic heterocycles. The van der Waals surface area contributed by atoms with Gasteiger partial charge >= 0.3 is 23.5 Å². The van der Waals surface area contributed by atoms with Gasteiger partial charge in [0.05, 0.1) is 13.2 Å². The maximum absolute atomic E-state index is 12.6. The van der Waals surface area contributed by atoms with Crippen LogP contribution in [0.2, 0.25) is 0 Å². The summed E-state index contributed by atoms with van der Waals surface area (Å²) in [4.78, 5) is 75.7. The molecule has 2 amide bonds. The highest BCUT2D eigenvalue weighted by Crippen LogP contribution is 2.61. The number of thiol groups is 1. The Kier molecular flexibility index (Phi) is 17.9. The van der Waals surface area contributed by atoms with Crippen LogP contribution in [0.15, 0.2) is 26.5 Å². The van der Waals surface area contributed by atoms with Crippen molar-refractivity contribution in [2.75, 3.05) is 46.2 Å². The molecule has 1 aliphatic rings. The predicted octanol–water partition coefficient (Wildman–Crippen LogP) is -0.742. The number of aliphatic hydroxyl groups is 1. The number of ether oxygens (including phenoxy) is 1. The summed E-state index contributed by atoms with van der Waals surface area (Å²) in [6, 6.07) is 0. The van der Waals surface area contributed by atoms with Gasteiger partial charge in [0.15, 0.2) is 5.82 Å². The van der Waals surface area contributed by atoms with Crippen LogP contribution in [-0.2, 0) is 45.9 Å². The molecule has 6 atom stereocenters. The molecule has 1 rings (SSSR count). The number of nitrogens with two attached hydrogens (primary N) is 1. The van der Waals surface area contributed by atoms with E-state index >= 15 is 0 Å². The van der Waals surface area contributed by atoms with Crippen molar-refractivity contribution in [1.29, 1.82) is 0 Å². The smallest absolute Gasteiger partial charge is 0.383 e. The van der Waals surface area contributed by atoms with E-state index in [9.17, 15) is 48.0 Å². The maximum Gasteiger partial charge on any atom is 0.481 e. The Balaban J connectivity index is 2.92. The van der Waals surface area contributed by atoms with Gasteiger partial charge < -0.3 is 50.7 Å². The van der Waals surface area contributed by atoms with Crippen molar-refractivity contribution < 1.29 is 70.6 Å². The van der Waals surface area contributed by atoms with Crippen LogP contribution in [0.4, 0.5) is 0 Å². The van der Waals surface area contributed by atoms with E-state index in [2.05, 4.69) is 56.0 Å². The minimum Gasteiger partial charge on any atom is -0.383 e. The first-order chi connectivity index (χ1) is 22.5. The summed E-state index contributed by atoms with van der Waals surface area (Å²) in [5.74, 6) is -0.970. The van der Waals surface area contributed by atoms with E-state index < -0.39 is 72.5 Å². The van der Waals surface area contributed by atoms with E-state index in [1.54, 1.807) is 0 Å². The third-order valence-corrected chi connectivity index (χ3v) is 9.85. The number of hydrogen-bond donors (Lipinski definition) is 9. The second-order valence-electron chi connectivity index (χ2n) is 10.8. The van der Waals surface area contributed by atoms with Gasteiger partial charge in [-0.05, 0) is 13.4 Å². The zero-order valence-corrected chi connectivity index (χ0v) is 30.7. The lowest BCUT2D eigenvalue weighted by molar-refractivity contribution is -0.137. The van der Waals surface area contributed by atoms with Crippen molar-refractivity contribution in [2.45, 2.75) is 51.2 Å². The van der Waals surface area contributed by atoms with Crippen LogP contribution < -0.4 is 16.4 Å². The predicted molar refractivity (Wildman–Crippen MR) is 179 cm³/mol. The van der Waals surface area contributed by atoms with Crippen LogP contribution in [0.1, 0.15) is 26.7 Å². The summed E-state index contributed by atoms with van der Waals surface area (Å²) in [6.45, 7) is 7.76. The Morgan fingerprint density at radius 2 is 1.71 bits per heavy atom. The monoisotopic (exact) mass is 783 g/mol. The molecule has 1 fully saturated rings. The number of phosphoric acid groups is 3. The number of aliphatic hydroxyl groups excluding tert-OH is 1. The van der Waals surface area contributed by atoms with Crippen molar-refractivity contribution >= 4 is 67.2 Å². The summed E-state index contributed by atoms with van der Waals surface area (Å²) in [7, 11) is -13.2. The quantitative estimate of drug-likeness (QED) is 0.0282. The zero-order chi connectivity index (χ0) is 37.8. The highest BCUT2D eigenvalue weighted by molar-refractivity contribution is 7.80. The largest absolute Gasteiger partial charge is 0.481 e. The molecule has 26 heteroatoms. The normalized spacial score (nSPS) is 22.2. The van der Waals surface area contributed by atoms with E-state index in [0.29, 0.717) is 12.3 Å². The van der Waals surface area contributed by atoms with E-state index in [-0.39, 0.29) is 42.6 Å². The van der Waals surface area contributed by atoms with Gasteiger partial charge in [0, 0.05) is 51.2 Å². The summed E-state index contributed by atoms with van der Waals surface area (Å²) in [6.07, 6.45) is -6.24. The summed E-state index contributed by atoms with van der Waals surface area (Å²) >= 11 is 3.95. The van der Waals surface area contributed by atoms with Crippen molar-refractivity contribution in [3.05, 3.63) is 11.5 Å². The first-order valence-corrected chi connectivity index (χ1v) is 19.2. The minimum absolute atomic E-state index is 0.00744. The first-order valence-electron chi connectivity index (χ1n) is 14.0. The van der Waals surface area contributed by atoms with E-state index in [0.717, 1.165) is 0 Å². The highest BCUT2D eigenvalue weighted by atomic mass is 32.1. The third-order valence-electron chi connectivity index (χ3n) is 6.50. The first kappa shape index (κ1) is 45.0. The van der Waals surface area contributed by atoms with Gasteiger partial charge in [-0.1, -0.05) is 13.8 Å². The number of amides is 2. The Labute approximate surface area is 288 Å². The number of rotatable bonds is 22. The number of nitrogens with zero attached hydrogens (tertiary/aromatic N) is 4. The lowest BCUT2D eigenvalue weighted by Gasteiger charge is -2.30. The highest BCUT2D eigenvalue weighted by Gasteiger charge is 2.45. The molecule has 3 unspecified atom stereocenters. The van der Waals surface area contributed by atoms with Crippen molar-refractivity contribution in [1.82, 2.24) is 15.5 Å². The summed E-state index contributed by atoms with van der Waals surface area (Å²) in [5.41, 5.74) is 4.25. The summed E-state index contributed by atoms with van der Waals surface area (Å²) in [5, 5.41) is 15.3.